The minimum atomic E-state index is -0.132. The van der Waals surface area contributed by atoms with Gasteiger partial charge in [0.25, 0.3) is 5.91 Å². The van der Waals surface area contributed by atoms with Crippen molar-refractivity contribution in [2.24, 2.45) is 0 Å². The van der Waals surface area contributed by atoms with Crippen molar-refractivity contribution >= 4 is 61.9 Å². The monoisotopic (exact) mass is 539 g/mol. The maximum atomic E-state index is 13.2. The first-order valence-electron chi connectivity index (χ1n) is 10.3. The Morgan fingerprint density at radius 3 is 2.52 bits per heavy atom. The summed E-state index contributed by atoms with van der Waals surface area (Å²) in [7, 11) is 1.60. The molecule has 168 valence electrons. The average Bonchev–Trinajstić information content (AvgIpc) is 3.08. The minimum Gasteiger partial charge on any atom is -0.493 e. The summed E-state index contributed by atoms with van der Waals surface area (Å²) in [6, 6.07) is 19.6. The summed E-state index contributed by atoms with van der Waals surface area (Å²) in [6.07, 6.45) is 1.83. The summed E-state index contributed by atoms with van der Waals surface area (Å²) in [6.45, 7) is 4.49. The van der Waals surface area contributed by atoms with E-state index < -0.39 is 0 Å². The largest absolute Gasteiger partial charge is 0.493 e. The van der Waals surface area contributed by atoms with Crippen molar-refractivity contribution in [3.8, 4) is 11.5 Å². The third-order valence-corrected chi connectivity index (χ3v) is 7.21. The van der Waals surface area contributed by atoms with Gasteiger partial charge in [-0.05, 0) is 82.4 Å². The Morgan fingerprint density at radius 2 is 1.82 bits per heavy atom. The number of rotatable bonds is 6. The van der Waals surface area contributed by atoms with E-state index in [-0.39, 0.29) is 5.91 Å². The van der Waals surface area contributed by atoms with Crippen LogP contribution < -0.4 is 14.4 Å². The van der Waals surface area contributed by atoms with Gasteiger partial charge in [0.2, 0.25) is 0 Å². The van der Waals surface area contributed by atoms with Crippen molar-refractivity contribution in [3.05, 3.63) is 92.3 Å². The van der Waals surface area contributed by atoms with Crippen LogP contribution in [0.25, 0.3) is 6.08 Å². The summed E-state index contributed by atoms with van der Waals surface area (Å²) in [4.78, 5) is 15.3. The van der Waals surface area contributed by atoms with Crippen LogP contribution in [-0.4, -0.2) is 17.3 Å². The van der Waals surface area contributed by atoms with Crippen LogP contribution in [-0.2, 0) is 11.4 Å². The first kappa shape index (κ1) is 23.5. The van der Waals surface area contributed by atoms with Crippen LogP contribution >= 0.6 is 39.9 Å². The maximum absolute atomic E-state index is 13.2. The zero-order valence-electron chi connectivity index (χ0n) is 18.4. The van der Waals surface area contributed by atoms with Crippen molar-refractivity contribution in [1.29, 1.82) is 0 Å². The van der Waals surface area contributed by atoms with Crippen molar-refractivity contribution in [2.75, 3.05) is 12.0 Å². The number of carbonyl (C=O) groups excluding carboxylic acids is 1. The van der Waals surface area contributed by atoms with Crippen molar-refractivity contribution in [3.63, 3.8) is 0 Å². The molecule has 7 heteroatoms. The second kappa shape index (κ2) is 10.1. The predicted octanol–water partition coefficient (Wildman–Crippen LogP) is 7.06. The van der Waals surface area contributed by atoms with Crippen LogP contribution in [0.5, 0.6) is 11.5 Å². The van der Waals surface area contributed by atoms with Gasteiger partial charge in [0.05, 0.1) is 22.2 Å². The molecule has 1 amide bonds. The molecule has 1 aliphatic heterocycles. The molecule has 0 aromatic heterocycles. The Bertz CT molecular complexity index is 1260. The number of thioether (sulfide) groups is 1. The average molecular weight is 541 g/mol. The minimum absolute atomic E-state index is 0.132. The van der Waals surface area contributed by atoms with E-state index in [1.807, 2.05) is 80.6 Å². The molecule has 33 heavy (non-hydrogen) atoms. The summed E-state index contributed by atoms with van der Waals surface area (Å²) in [5.74, 6) is 1.06. The normalized spacial score (nSPS) is 14.8. The van der Waals surface area contributed by atoms with Gasteiger partial charge in [-0.25, -0.2) is 0 Å². The fraction of sp³-hybridized carbons (Fsp3) is 0.154. The Balaban J connectivity index is 1.59. The Labute approximate surface area is 211 Å². The van der Waals surface area contributed by atoms with Crippen molar-refractivity contribution < 1.29 is 14.3 Å². The summed E-state index contributed by atoms with van der Waals surface area (Å²) in [5.41, 5.74) is 4.95. The van der Waals surface area contributed by atoms with Gasteiger partial charge in [0.1, 0.15) is 6.61 Å². The number of anilines is 1. The predicted molar refractivity (Wildman–Crippen MR) is 143 cm³/mol. The zero-order valence-corrected chi connectivity index (χ0v) is 21.6. The highest BCUT2D eigenvalue weighted by atomic mass is 79.9. The van der Waals surface area contributed by atoms with Crippen molar-refractivity contribution in [1.82, 2.24) is 0 Å². The lowest BCUT2D eigenvalue weighted by atomic mass is 10.1. The smallest absolute Gasteiger partial charge is 0.270 e. The summed E-state index contributed by atoms with van der Waals surface area (Å²) in [5, 5.41) is 0. The number of methoxy groups -OCH3 is 1. The van der Waals surface area contributed by atoms with E-state index in [0.29, 0.717) is 27.3 Å². The van der Waals surface area contributed by atoms with Gasteiger partial charge >= 0.3 is 0 Å². The molecule has 1 fully saturated rings. The van der Waals surface area contributed by atoms with Gasteiger partial charge in [-0.2, -0.15) is 0 Å². The van der Waals surface area contributed by atoms with E-state index in [0.717, 1.165) is 26.9 Å². The van der Waals surface area contributed by atoms with E-state index >= 15 is 0 Å². The van der Waals surface area contributed by atoms with Gasteiger partial charge in [0, 0.05) is 0 Å². The van der Waals surface area contributed by atoms with E-state index in [4.69, 9.17) is 21.7 Å². The Hall–Kier alpha value is -2.61. The molecule has 3 aromatic rings. The van der Waals surface area contributed by atoms with E-state index in [1.54, 1.807) is 12.0 Å². The van der Waals surface area contributed by atoms with Gasteiger partial charge in [-0.3, -0.25) is 9.69 Å². The molecule has 0 unspecified atom stereocenters. The van der Waals surface area contributed by atoms with Crippen LogP contribution in [0.15, 0.2) is 70.0 Å². The molecule has 0 atom stereocenters. The van der Waals surface area contributed by atoms with Gasteiger partial charge < -0.3 is 9.47 Å². The molecule has 1 aliphatic rings. The first-order valence-corrected chi connectivity index (χ1v) is 12.3. The lowest BCUT2D eigenvalue weighted by Gasteiger charge is -2.16. The molecule has 3 aromatic carbocycles. The molecule has 1 saturated heterocycles. The highest BCUT2D eigenvalue weighted by Gasteiger charge is 2.33. The topological polar surface area (TPSA) is 38.8 Å². The Morgan fingerprint density at radius 1 is 1.06 bits per heavy atom. The van der Waals surface area contributed by atoms with Gasteiger partial charge in [0.15, 0.2) is 15.8 Å². The highest BCUT2D eigenvalue weighted by molar-refractivity contribution is 9.10. The molecule has 4 rings (SSSR count). The lowest BCUT2D eigenvalue weighted by Crippen LogP contribution is -2.27. The van der Waals surface area contributed by atoms with Crippen LogP contribution in [0.2, 0.25) is 0 Å². The number of nitrogens with zero attached hydrogens (tertiary/aromatic N) is 1. The van der Waals surface area contributed by atoms with Crippen LogP contribution in [0.3, 0.4) is 0 Å². The van der Waals surface area contributed by atoms with Crippen LogP contribution in [0.4, 0.5) is 5.69 Å². The number of ether oxygens (including phenoxy) is 2. The molecule has 0 saturated carbocycles. The molecule has 4 nitrogen and oxygen atoms in total. The van der Waals surface area contributed by atoms with Crippen molar-refractivity contribution in [2.45, 2.75) is 20.5 Å². The second-order valence-electron chi connectivity index (χ2n) is 7.59. The standard InChI is InChI=1S/C26H22BrNO3S2/c1-16-9-10-20(11-17(16)2)28-25(29)23(33-26(28)32)14-19-12-21(27)24(22(13-19)30-3)31-15-18-7-5-4-6-8-18/h4-14H,15H2,1-3H3/b23-14+. The summed E-state index contributed by atoms with van der Waals surface area (Å²) < 4.78 is 12.8. The number of benzene rings is 3. The van der Waals surface area contributed by atoms with Crippen LogP contribution in [0.1, 0.15) is 22.3 Å². The fourth-order valence-electron chi connectivity index (χ4n) is 3.40. The molecular formula is C26H22BrNO3S2. The number of hydrogen-bond acceptors (Lipinski definition) is 5. The number of halogens is 1. The fourth-order valence-corrected chi connectivity index (χ4v) is 5.27. The second-order valence-corrected chi connectivity index (χ2v) is 10.1. The molecule has 0 aliphatic carbocycles. The number of aryl methyl sites for hydroxylation is 2. The number of thiocarbonyl (C=S) groups is 1. The zero-order chi connectivity index (χ0) is 23.5. The third kappa shape index (κ3) is 5.16. The SMILES string of the molecule is COc1cc(/C=C2/SC(=S)N(c3ccc(C)c(C)c3)C2=O)cc(Br)c1OCc1ccccc1. The molecule has 0 radical (unpaired) electrons. The van der Waals surface area contributed by atoms with E-state index in [1.165, 1.54) is 17.3 Å². The molecule has 0 N–H and O–H groups in total. The molecular weight excluding hydrogens is 518 g/mol. The number of hydrogen-bond donors (Lipinski definition) is 0. The van der Waals surface area contributed by atoms with Gasteiger partial charge in [-0.15, -0.1) is 0 Å². The van der Waals surface area contributed by atoms with E-state index in [2.05, 4.69) is 15.9 Å². The van der Waals surface area contributed by atoms with E-state index in [9.17, 15) is 4.79 Å². The number of amides is 1. The summed E-state index contributed by atoms with van der Waals surface area (Å²) >= 11 is 10.4. The Kier molecular flexibility index (Phi) is 7.22. The maximum Gasteiger partial charge on any atom is 0.270 e. The quantitative estimate of drug-likeness (QED) is 0.247. The molecule has 0 spiro atoms. The third-order valence-electron chi connectivity index (χ3n) is 5.32. The highest BCUT2D eigenvalue weighted by Crippen LogP contribution is 2.40. The lowest BCUT2D eigenvalue weighted by molar-refractivity contribution is -0.113. The molecule has 1 heterocycles. The van der Waals surface area contributed by atoms with Gasteiger partial charge in [-0.1, -0.05) is 60.4 Å². The van der Waals surface area contributed by atoms with Crippen LogP contribution in [0, 0.1) is 13.8 Å². The molecule has 0 bridgehead atoms. The first-order chi connectivity index (χ1) is 15.9. The number of carbonyl (C=O) groups is 1.